The Bertz CT molecular complexity index is 219. The molecule has 0 rings (SSSR count). The minimum atomic E-state index is -4.41. The number of ether oxygens (including phenoxy) is 1. The zero-order chi connectivity index (χ0) is 12.8. The van der Waals surface area contributed by atoms with Crippen molar-refractivity contribution in [3.05, 3.63) is 0 Å². The quantitative estimate of drug-likeness (QED) is 0.562. The summed E-state index contributed by atoms with van der Waals surface area (Å²) in [5, 5.41) is 0. The van der Waals surface area contributed by atoms with Gasteiger partial charge in [-0.15, -0.1) is 0 Å². The Labute approximate surface area is 99.3 Å². The van der Waals surface area contributed by atoms with Gasteiger partial charge in [0.05, 0.1) is 11.6 Å². The zero-order valence-electron chi connectivity index (χ0n) is 9.51. The maximum absolute atomic E-state index is 12.4. The number of nitrogens with two attached hydrogens (primary N) is 1. The molecule has 6 heteroatoms. The van der Waals surface area contributed by atoms with Crippen molar-refractivity contribution in [3.63, 3.8) is 0 Å². The van der Waals surface area contributed by atoms with Crippen LogP contribution in [0.4, 0.5) is 13.2 Å². The first kappa shape index (κ1) is 15.6. The van der Waals surface area contributed by atoms with Crippen molar-refractivity contribution in [2.75, 3.05) is 13.2 Å². The molecule has 0 saturated carbocycles. The molecule has 0 heterocycles. The predicted molar refractivity (Wildman–Crippen MR) is 61.2 cm³/mol. The summed E-state index contributed by atoms with van der Waals surface area (Å²) in [6, 6.07) is 0. The van der Waals surface area contributed by atoms with Gasteiger partial charge in [0.2, 0.25) is 0 Å². The van der Waals surface area contributed by atoms with E-state index in [-0.39, 0.29) is 0 Å². The molecule has 0 aromatic heterocycles. The van der Waals surface area contributed by atoms with E-state index < -0.39 is 23.7 Å². The fourth-order valence-corrected chi connectivity index (χ4v) is 1.33. The fourth-order valence-electron chi connectivity index (χ4n) is 1.13. The minimum Gasteiger partial charge on any atom is -0.393 e. The van der Waals surface area contributed by atoms with Crippen LogP contribution in [-0.2, 0) is 4.74 Å². The van der Waals surface area contributed by atoms with E-state index in [0.29, 0.717) is 12.5 Å². The first-order valence-corrected chi connectivity index (χ1v) is 5.59. The van der Waals surface area contributed by atoms with E-state index in [4.69, 9.17) is 10.5 Å². The highest BCUT2D eigenvalue weighted by Gasteiger charge is 2.41. The van der Waals surface area contributed by atoms with E-state index in [1.807, 2.05) is 13.8 Å². The molecule has 0 aromatic carbocycles. The molecule has 0 bridgehead atoms. The molecule has 1 atom stereocenters. The first-order valence-electron chi connectivity index (χ1n) is 5.19. The molecule has 0 aliphatic carbocycles. The number of hydrogen-bond donors (Lipinski definition) is 1. The Kier molecular flexibility index (Phi) is 6.90. The average Bonchev–Trinajstić information content (AvgIpc) is 2.07. The van der Waals surface area contributed by atoms with E-state index in [2.05, 4.69) is 12.2 Å². The highest BCUT2D eigenvalue weighted by molar-refractivity contribution is 7.80. The van der Waals surface area contributed by atoms with E-state index >= 15 is 0 Å². The van der Waals surface area contributed by atoms with Crippen LogP contribution >= 0.6 is 12.2 Å². The molecule has 0 fully saturated rings. The summed E-state index contributed by atoms with van der Waals surface area (Å²) in [5.41, 5.74) is 5.02. The number of halogens is 3. The van der Waals surface area contributed by atoms with E-state index in [1.54, 1.807) is 0 Å². The van der Waals surface area contributed by atoms with Crippen LogP contribution in [-0.4, -0.2) is 24.4 Å². The van der Waals surface area contributed by atoms with Crippen molar-refractivity contribution < 1.29 is 17.9 Å². The summed E-state index contributed by atoms with van der Waals surface area (Å²) in [5.74, 6) is -1.31. The second-order valence-electron chi connectivity index (χ2n) is 4.11. The van der Waals surface area contributed by atoms with Crippen molar-refractivity contribution in [2.24, 2.45) is 17.6 Å². The zero-order valence-corrected chi connectivity index (χ0v) is 10.3. The van der Waals surface area contributed by atoms with Gasteiger partial charge in [-0.05, 0) is 18.8 Å². The largest absolute Gasteiger partial charge is 0.400 e. The van der Waals surface area contributed by atoms with Gasteiger partial charge in [0.1, 0.15) is 5.92 Å². The lowest BCUT2D eigenvalue weighted by atomic mass is 10.1. The average molecular weight is 257 g/mol. The SMILES string of the molecule is CC(C)CCCOCC(C(N)=S)C(F)(F)F. The molecule has 0 aromatic rings. The van der Waals surface area contributed by atoms with E-state index in [0.717, 1.165) is 12.8 Å². The molecule has 0 aliphatic heterocycles. The third-order valence-electron chi connectivity index (χ3n) is 2.09. The Morgan fingerprint density at radius 1 is 1.38 bits per heavy atom. The first-order chi connectivity index (χ1) is 7.25. The van der Waals surface area contributed by atoms with Gasteiger partial charge in [-0.3, -0.25) is 0 Å². The summed E-state index contributed by atoms with van der Waals surface area (Å²) in [6.45, 7) is 3.94. The molecule has 2 nitrogen and oxygen atoms in total. The van der Waals surface area contributed by atoms with Gasteiger partial charge in [-0.25, -0.2) is 0 Å². The Balaban J connectivity index is 3.83. The Morgan fingerprint density at radius 2 is 1.94 bits per heavy atom. The maximum atomic E-state index is 12.4. The highest BCUT2D eigenvalue weighted by atomic mass is 32.1. The van der Waals surface area contributed by atoms with Crippen LogP contribution in [0.25, 0.3) is 0 Å². The van der Waals surface area contributed by atoms with Gasteiger partial charge in [0, 0.05) is 6.61 Å². The normalized spacial score (nSPS) is 14.1. The third kappa shape index (κ3) is 7.00. The lowest BCUT2D eigenvalue weighted by Crippen LogP contribution is -2.37. The van der Waals surface area contributed by atoms with Crippen molar-refractivity contribution in [3.8, 4) is 0 Å². The summed E-state index contributed by atoms with van der Waals surface area (Å²) < 4.78 is 42.0. The van der Waals surface area contributed by atoms with Gasteiger partial charge in [0.15, 0.2) is 0 Å². The van der Waals surface area contributed by atoms with E-state index in [9.17, 15) is 13.2 Å². The summed E-state index contributed by atoms with van der Waals surface area (Å²) in [6.07, 6.45) is -2.73. The number of hydrogen-bond acceptors (Lipinski definition) is 2. The molecule has 0 aliphatic rings. The standard InChI is InChI=1S/C10H18F3NOS/c1-7(2)4-3-5-15-6-8(9(14)16)10(11,12)13/h7-8H,3-6H2,1-2H3,(H2,14,16). The second-order valence-corrected chi connectivity index (χ2v) is 4.58. The lowest BCUT2D eigenvalue weighted by Gasteiger charge is -2.18. The Morgan fingerprint density at radius 3 is 2.31 bits per heavy atom. The molecular weight excluding hydrogens is 239 g/mol. The molecule has 2 N–H and O–H groups in total. The highest BCUT2D eigenvalue weighted by Crippen LogP contribution is 2.26. The fraction of sp³-hybridized carbons (Fsp3) is 0.900. The van der Waals surface area contributed by atoms with Crippen LogP contribution in [0.5, 0.6) is 0 Å². The summed E-state index contributed by atoms with van der Waals surface area (Å²) in [7, 11) is 0. The van der Waals surface area contributed by atoms with Gasteiger partial charge < -0.3 is 10.5 Å². The smallest absolute Gasteiger partial charge is 0.393 e. The Hall–Kier alpha value is -0.360. The third-order valence-corrected chi connectivity index (χ3v) is 2.38. The predicted octanol–water partition coefficient (Wildman–Crippen LogP) is 2.90. The minimum absolute atomic E-state index is 0.313. The molecule has 0 spiro atoms. The van der Waals surface area contributed by atoms with Gasteiger partial charge >= 0.3 is 6.18 Å². The van der Waals surface area contributed by atoms with Crippen LogP contribution in [0.3, 0.4) is 0 Å². The summed E-state index contributed by atoms with van der Waals surface area (Å²) in [4.78, 5) is -0.559. The van der Waals surface area contributed by atoms with Gasteiger partial charge in [0.25, 0.3) is 0 Å². The van der Waals surface area contributed by atoms with Crippen LogP contribution in [0.1, 0.15) is 26.7 Å². The van der Waals surface area contributed by atoms with Crippen LogP contribution in [0.15, 0.2) is 0 Å². The number of alkyl halides is 3. The second kappa shape index (κ2) is 7.06. The van der Waals surface area contributed by atoms with E-state index in [1.165, 1.54) is 0 Å². The summed E-state index contributed by atoms with van der Waals surface area (Å²) >= 11 is 4.36. The lowest BCUT2D eigenvalue weighted by molar-refractivity contribution is -0.167. The van der Waals surface area contributed by atoms with Gasteiger partial charge in [-0.1, -0.05) is 26.1 Å². The molecule has 96 valence electrons. The van der Waals surface area contributed by atoms with Crippen molar-refractivity contribution in [2.45, 2.75) is 32.9 Å². The monoisotopic (exact) mass is 257 g/mol. The van der Waals surface area contributed by atoms with Crippen LogP contribution < -0.4 is 5.73 Å². The molecule has 0 amide bonds. The number of thiocarbonyl (C=S) groups is 1. The maximum Gasteiger partial charge on any atom is 0.400 e. The topological polar surface area (TPSA) is 35.2 Å². The molecule has 0 radical (unpaired) electrons. The van der Waals surface area contributed by atoms with Crippen molar-refractivity contribution in [1.29, 1.82) is 0 Å². The molecule has 0 saturated heterocycles. The van der Waals surface area contributed by atoms with Crippen LogP contribution in [0.2, 0.25) is 0 Å². The van der Waals surface area contributed by atoms with Crippen molar-refractivity contribution >= 4 is 17.2 Å². The molecule has 16 heavy (non-hydrogen) atoms. The number of rotatable bonds is 7. The molecule has 1 unspecified atom stereocenters. The van der Waals surface area contributed by atoms with Crippen LogP contribution in [0, 0.1) is 11.8 Å². The molecular formula is C10H18F3NOS. The van der Waals surface area contributed by atoms with Gasteiger partial charge in [-0.2, -0.15) is 13.2 Å². The van der Waals surface area contributed by atoms with Crippen molar-refractivity contribution in [1.82, 2.24) is 0 Å².